The highest BCUT2D eigenvalue weighted by molar-refractivity contribution is 5.24. The van der Waals surface area contributed by atoms with Gasteiger partial charge in [0, 0.05) is 26.6 Å². The molecule has 0 radical (unpaired) electrons. The molecule has 1 aromatic rings. The van der Waals surface area contributed by atoms with E-state index in [1.54, 1.807) is 0 Å². The van der Waals surface area contributed by atoms with Gasteiger partial charge in [-0.25, -0.2) is 0 Å². The molecule has 5 nitrogen and oxygen atoms in total. The summed E-state index contributed by atoms with van der Waals surface area (Å²) < 4.78 is 5.09. The fourth-order valence-electron chi connectivity index (χ4n) is 1.02. The maximum Gasteiger partial charge on any atom is 0.265 e. The van der Waals surface area contributed by atoms with Crippen molar-refractivity contribution in [2.24, 2.45) is 0 Å². The first-order valence-corrected chi connectivity index (χ1v) is 5.02. The topological polar surface area (TPSA) is 54.2 Å². The number of aromatic nitrogens is 2. The molecule has 1 heterocycles. The summed E-state index contributed by atoms with van der Waals surface area (Å²) in [6.07, 6.45) is 0.790. The van der Waals surface area contributed by atoms with Crippen molar-refractivity contribution >= 4 is 5.95 Å². The van der Waals surface area contributed by atoms with Gasteiger partial charge in [0.25, 0.3) is 5.95 Å². The Kier molecular flexibility index (Phi) is 4.39. The van der Waals surface area contributed by atoms with Gasteiger partial charge in [-0.2, -0.15) is 4.98 Å². The normalized spacial score (nSPS) is 10.5. The van der Waals surface area contributed by atoms with Crippen LogP contribution in [0.1, 0.15) is 19.7 Å². The molecular weight excluding hydrogens is 180 g/mol. The van der Waals surface area contributed by atoms with Gasteiger partial charge in [-0.05, 0) is 18.6 Å². The molecule has 0 spiro atoms. The average Bonchev–Trinajstić information content (AvgIpc) is 2.66. The number of hydrogen-bond acceptors (Lipinski definition) is 5. The monoisotopic (exact) mass is 198 g/mol. The second-order valence-corrected chi connectivity index (χ2v) is 3.11. The first-order chi connectivity index (χ1) is 6.77. The largest absolute Gasteiger partial charge is 0.342 e. The minimum absolute atomic E-state index is 0.666. The Balaban J connectivity index is 2.42. The summed E-state index contributed by atoms with van der Waals surface area (Å²) in [5, 5.41) is 7.09. The molecule has 0 saturated carbocycles. The number of nitrogens with zero attached hydrogens (tertiary/aromatic N) is 3. The lowest BCUT2D eigenvalue weighted by Crippen LogP contribution is -2.18. The van der Waals surface area contributed by atoms with E-state index in [1.807, 2.05) is 11.9 Å². The predicted molar refractivity (Wildman–Crippen MR) is 55.5 cm³/mol. The molecule has 1 aromatic heterocycles. The van der Waals surface area contributed by atoms with Gasteiger partial charge in [0.2, 0.25) is 5.89 Å². The lowest BCUT2D eigenvalue weighted by Gasteiger charge is -2.08. The summed E-state index contributed by atoms with van der Waals surface area (Å²) in [7, 11) is 1.94. The first kappa shape index (κ1) is 11.0. The average molecular weight is 198 g/mol. The molecule has 14 heavy (non-hydrogen) atoms. The fourth-order valence-corrected chi connectivity index (χ4v) is 1.02. The van der Waals surface area contributed by atoms with Crippen LogP contribution in [0.15, 0.2) is 4.52 Å². The standard InChI is InChI=1S/C9H18N4O/c1-4-10-7-6-8-11-9(12-14-8)13(3)5-2/h10H,4-7H2,1-3H3. The summed E-state index contributed by atoms with van der Waals surface area (Å²) in [6.45, 7) is 6.86. The van der Waals surface area contributed by atoms with Crippen molar-refractivity contribution in [3.8, 4) is 0 Å². The third-order valence-corrected chi connectivity index (χ3v) is 2.04. The van der Waals surface area contributed by atoms with E-state index in [1.165, 1.54) is 0 Å². The van der Waals surface area contributed by atoms with Gasteiger partial charge in [-0.15, -0.1) is 0 Å². The molecule has 1 rings (SSSR count). The van der Waals surface area contributed by atoms with Gasteiger partial charge in [0.05, 0.1) is 0 Å². The number of rotatable bonds is 6. The zero-order valence-corrected chi connectivity index (χ0v) is 9.08. The zero-order chi connectivity index (χ0) is 10.4. The molecular formula is C9H18N4O. The van der Waals surface area contributed by atoms with E-state index in [-0.39, 0.29) is 0 Å². The van der Waals surface area contributed by atoms with Crippen molar-refractivity contribution < 1.29 is 4.52 Å². The molecule has 5 heteroatoms. The maximum absolute atomic E-state index is 5.09. The van der Waals surface area contributed by atoms with Gasteiger partial charge in [0.15, 0.2) is 0 Å². The second-order valence-electron chi connectivity index (χ2n) is 3.11. The Labute approximate surface area is 84.5 Å². The zero-order valence-electron chi connectivity index (χ0n) is 9.08. The summed E-state index contributed by atoms with van der Waals surface area (Å²) in [5.74, 6) is 1.36. The summed E-state index contributed by atoms with van der Waals surface area (Å²) >= 11 is 0. The number of likely N-dealkylation sites (N-methyl/N-ethyl adjacent to an activating group) is 1. The third-order valence-electron chi connectivity index (χ3n) is 2.04. The van der Waals surface area contributed by atoms with E-state index in [4.69, 9.17) is 4.52 Å². The van der Waals surface area contributed by atoms with Gasteiger partial charge in [0.1, 0.15) is 0 Å². The summed E-state index contributed by atoms with van der Waals surface area (Å²) in [5.41, 5.74) is 0. The Bertz CT molecular complexity index is 261. The van der Waals surface area contributed by atoms with Crippen molar-refractivity contribution in [3.05, 3.63) is 5.89 Å². The highest BCUT2D eigenvalue weighted by atomic mass is 16.5. The molecule has 0 amide bonds. The van der Waals surface area contributed by atoms with Crippen LogP contribution in [0.5, 0.6) is 0 Å². The van der Waals surface area contributed by atoms with E-state index >= 15 is 0 Å². The Morgan fingerprint density at radius 2 is 2.21 bits per heavy atom. The van der Waals surface area contributed by atoms with Crippen molar-refractivity contribution in [1.29, 1.82) is 0 Å². The van der Waals surface area contributed by atoms with Gasteiger partial charge in [-0.3, -0.25) is 0 Å². The molecule has 0 atom stereocenters. The highest BCUT2D eigenvalue weighted by Gasteiger charge is 2.08. The van der Waals surface area contributed by atoms with E-state index < -0.39 is 0 Å². The van der Waals surface area contributed by atoms with E-state index in [9.17, 15) is 0 Å². The molecule has 0 fully saturated rings. The van der Waals surface area contributed by atoms with Crippen LogP contribution in [0.4, 0.5) is 5.95 Å². The first-order valence-electron chi connectivity index (χ1n) is 5.02. The molecule has 0 aliphatic rings. The van der Waals surface area contributed by atoms with E-state index in [0.717, 1.165) is 26.1 Å². The molecule has 0 aliphatic heterocycles. The van der Waals surface area contributed by atoms with Crippen molar-refractivity contribution in [2.45, 2.75) is 20.3 Å². The van der Waals surface area contributed by atoms with Crippen LogP contribution in [0.3, 0.4) is 0 Å². The lowest BCUT2D eigenvalue weighted by molar-refractivity contribution is 0.376. The molecule has 1 N–H and O–H groups in total. The van der Waals surface area contributed by atoms with Crippen molar-refractivity contribution in [2.75, 3.05) is 31.6 Å². The third kappa shape index (κ3) is 2.99. The molecule has 0 aliphatic carbocycles. The molecule has 80 valence electrons. The lowest BCUT2D eigenvalue weighted by atomic mass is 10.4. The van der Waals surface area contributed by atoms with E-state index in [0.29, 0.717) is 11.8 Å². The Hall–Kier alpha value is -1.10. The van der Waals surface area contributed by atoms with Gasteiger partial charge in [-0.1, -0.05) is 6.92 Å². The summed E-state index contributed by atoms with van der Waals surface area (Å²) in [4.78, 5) is 6.21. The van der Waals surface area contributed by atoms with Crippen molar-refractivity contribution in [3.63, 3.8) is 0 Å². The van der Waals surface area contributed by atoms with Crippen LogP contribution >= 0.6 is 0 Å². The van der Waals surface area contributed by atoms with E-state index in [2.05, 4.69) is 29.3 Å². The minimum atomic E-state index is 0.666. The summed E-state index contributed by atoms with van der Waals surface area (Å²) in [6, 6.07) is 0. The molecule has 0 unspecified atom stereocenters. The van der Waals surface area contributed by atoms with Gasteiger partial charge < -0.3 is 14.7 Å². The second kappa shape index (κ2) is 5.59. The quantitative estimate of drug-likeness (QED) is 0.681. The Morgan fingerprint density at radius 1 is 1.43 bits per heavy atom. The number of nitrogens with one attached hydrogen (secondary N) is 1. The van der Waals surface area contributed by atoms with Crippen LogP contribution in [-0.2, 0) is 6.42 Å². The van der Waals surface area contributed by atoms with Crippen LogP contribution in [0.2, 0.25) is 0 Å². The predicted octanol–water partition coefficient (Wildman–Crippen LogP) is 0.678. The number of hydrogen-bond donors (Lipinski definition) is 1. The van der Waals surface area contributed by atoms with Crippen molar-refractivity contribution in [1.82, 2.24) is 15.5 Å². The smallest absolute Gasteiger partial charge is 0.265 e. The van der Waals surface area contributed by atoms with Gasteiger partial charge >= 0.3 is 0 Å². The van der Waals surface area contributed by atoms with Crippen LogP contribution < -0.4 is 10.2 Å². The Morgan fingerprint density at radius 3 is 2.86 bits per heavy atom. The molecule has 0 bridgehead atoms. The maximum atomic E-state index is 5.09. The van der Waals surface area contributed by atoms with Crippen LogP contribution in [0.25, 0.3) is 0 Å². The highest BCUT2D eigenvalue weighted by Crippen LogP contribution is 2.06. The molecule has 0 saturated heterocycles. The fraction of sp³-hybridized carbons (Fsp3) is 0.778. The minimum Gasteiger partial charge on any atom is -0.342 e. The SMILES string of the molecule is CCNCCc1nc(N(C)CC)no1. The molecule has 0 aromatic carbocycles. The van der Waals surface area contributed by atoms with Crippen LogP contribution in [0, 0.1) is 0 Å². The van der Waals surface area contributed by atoms with Crippen LogP contribution in [-0.4, -0.2) is 36.8 Å². The number of anilines is 1.